The van der Waals surface area contributed by atoms with Crippen LogP contribution in [0.4, 0.5) is 5.69 Å². The first-order chi connectivity index (χ1) is 14.1. The van der Waals surface area contributed by atoms with Gasteiger partial charge in [0.2, 0.25) is 10.7 Å². The number of carbonyl (C=O) groups is 1. The van der Waals surface area contributed by atoms with Crippen molar-refractivity contribution in [2.75, 3.05) is 38.0 Å². The molecule has 0 unspecified atom stereocenters. The Morgan fingerprint density at radius 2 is 1.93 bits per heavy atom. The smallest absolute Gasteiger partial charge is 0.238 e. The fourth-order valence-electron chi connectivity index (χ4n) is 3.22. The molecule has 1 aliphatic rings. The lowest BCUT2D eigenvalue weighted by atomic mass is 10.3. The number of hydrogen-bond acceptors (Lipinski definition) is 6. The quantitative estimate of drug-likeness (QED) is 0.564. The van der Waals surface area contributed by atoms with E-state index in [4.69, 9.17) is 23.8 Å². The molecule has 0 bridgehead atoms. The SMILES string of the molecule is O=C(CN1CCN(Cn2[nH]c(-c3cccs3)nc2=S)CC1)Nc1ccccc1Cl. The molecule has 3 aromatic rings. The number of nitrogens with zero attached hydrogens (tertiary/aromatic N) is 4. The number of aromatic amines is 1. The van der Waals surface area contributed by atoms with Crippen LogP contribution < -0.4 is 5.32 Å². The number of hydrogen-bond donors (Lipinski definition) is 2. The molecular formula is C19H21ClN6OS2. The number of H-pyrrole nitrogens is 1. The normalized spacial score (nSPS) is 15.5. The number of benzene rings is 1. The molecule has 4 rings (SSSR count). The molecule has 2 N–H and O–H groups in total. The highest BCUT2D eigenvalue weighted by atomic mass is 35.5. The first-order valence-corrected chi connectivity index (χ1v) is 10.9. The van der Waals surface area contributed by atoms with Crippen LogP contribution in [0.15, 0.2) is 41.8 Å². The molecule has 0 saturated carbocycles. The molecule has 3 heterocycles. The second-order valence-corrected chi connectivity index (χ2v) is 8.54. The number of halogens is 1. The number of amides is 1. The fourth-order valence-corrected chi connectivity index (χ4v) is 4.26. The topological polar surface area (TPSA) is 69.2 Å². The Bertz CT molecular complexity index is 1020. The number of nitrogens with one attached hydrogen (secondary N) is 2. The first kappa shape index (κ1) is 20.2. The first-order valence-electron chi connectivity index (χ1n) is 9.28. The van der Waals surface area contributed by atoms with Crippen LogP contribution in [-0.2, 0) is 11.5 Å². The predicted octanol–water partition coefficient (Wildman–Crippen LogP) is 3.54. The molecule has 7 nitrogen and oxygen atoms in total. The highest BCUT2D eigenvalue weighted by Gasteiger charge is 2.20. The van der Waals surface area contributed by atoms with E-state index in [0.717, 1.165) is 36.9 Å². The predicted molar refractivity (Wildman–Crippen MR) is 119 cm³/mol. The molecule has 1 fully saturated rings. The number of carbonyl (C=O) groups excluding carboxylic acids is 1. The molecule has 0 atom stereocenters. The van der Waals surface area contributed by atoms with Crippen molar-refractivity contribution in [3.8, 4) is 10.7 Å². The summed E-state index contributed by atoms with van der Waals surface area (Å²) in [5.41, 5.74) is 0.646. The van der Waals surface area contributed by atoms with Crippen molar-refractivity contribution in [3.63, 3.8) is 0 Å². The van der Waals surface area contributed by atoms with Crippen LogP contribution in [0.25, 0.3) is 10.7 Å². The zero-order valence-electron chi connectivity index (χ0n) is 15.7. The molecule has 152 valence electrons. The summed E-state index contributed by atoms with van der Waals surface area (Å²) in [5, 5.41) is 8.73. The highest BCUT2D eigenvalue weighted by molar-refractivity contribution is 7.71. The third-order valence-electron chi connectivity index (χ3n) is 4.76. The van der Waals surface area contributed by atoms with Crippen LogP contribution in [0.1, 0.15) is 0 Å². The Labute approximate surface area is 182 Å². The van der Waals surface area contributed by atoms with E-state index in [-0.39, 0.29) is 5.91 Å². The molecule has 2 aromatic heterocycles. The standard InChI is InChI=1S/C19H21ClN6OS2/c20-14-4-1-2-5-15(14)21-17(27)12-24-7-9-25(10-8-24)13-26-19(28)22-18(23-26)16-6-3-11-29-16/h1-6,11H,7-10,12-13H2,(H,21,27)(H,22,23,28). The van der Waals surface area contributed by atoms with Gasteiger partial charge in [0.1, 0.15) is 0 Å². The van der Waals surface area contributed by atoms with Gasteiger partial charge < -0.3 is 5.32 Å². The summed E-state index contributed by atoms with van der Waals surface area (Å²) < 4.78 is 2.44. The zero-order valence-corrected chi connectivity index (χ0v) is 18.1. The van der Waals surface area contributed by atoms with Gasteiger partial charge in [0.15, 0.2) is 5.82 Å². The van der Waals surface area contributed by atoms with Gasteiger partial charge in [-0.05, 0) is 35.8 Å². The third kappa shape index (κ3) is 5.12. The summed E-state index contributed by atoms with van der Waals surface area (Å²) in [6, 6.07) is 11.3. The van der Waals surface area contributed by atoms with Gasteiger partial charge in [0, 0.05) is 26.2 Å². The molecule has 10 heteroatoms. The molecule has 1 amide bonds. The van der Waals surface area contributed by atoms with Gasteiger partial charge in [0.25, 0.3) is 0 Å². The van der Waals surface area contributed by atoms with E-state index in [1.165, 1.54) is 0 Å². The molecule has 1 saturated heterocycles. The maximum absolute atomic E-state index is 12.3. The second-order valence-electron chi connectivity index (χ2n) is 6.82. The summed E-state index contributed by atoms with van der Waals surface area (Å²) in [6.07, 6.45) is 0. The summed E-state index contributed by atoms with van der Waals surface area (Å²) in [5.74, 6) is 0.753. The van der Waals surface area contributed by atoms with Gasteiger partial charge in [-0.1, -0.05) is 29.8 Å². The average Bonchev–Trinajstić information content (AvgIpc) is 3.36. The zero-order chi connectivity index (χ0) is 20.2. The minimum absolute atomic E-state index is 0.0528. The molecule has 0 radical (unpaired) electrons. The molecule has 0 spiro atoms. The van der Waals surface area contributed by atoms with Gasteiger partial charge in [-0.25, -0.2) is 4.68 Å². The van der Waals surface area contributed by atoms with Crippen molar-refractivity contribution in [1.29, 1.82) is 0 Å². The minimum Gasteiger partial charge on any atom is -0.324 e. The highest BCUT2D eigenvalue weighted by Crippen LogP contribution is 2.21. The molecule has 1 aliphatic heterocycles. The second kappa shape index (κ2) is 9.19. The lowest BCUT2D eigenvalue weighted by Crippen LogP contribution is -2.49. The van der Waals surface area contributed by atoms with Crippen molar-refractivity contribution >= 4 is 46.8 Å². The van der Waals surface area contributed by atoms with Gasteiger partial charge >= 0.3 is 0 Å². The van der Waals surface area contributed by atoms with E-state index >= 15 is 0 Å². The van der Waals surface area contributed by atoms with Crippen LogP contribution in [0.2, 0.25) is 5.02 Å². The number of para-hydroxylation sites is 1. The Kier molecular flexibility index (Phi) is 6.41. The number of rotatable bonds is 6. The number of anilines is 1. The Morgan fingerprint density at radius 1 is 1.17 bits per heavy atom. The minimum atomic E-state index is -0.0528. The average molecular weight is 449 g/mol. The monoisotopic (exact) mass is 448 g/mol. The van der Waals surface area contributed by atoms with Crippen molar-refractivity contribution < 1.29 is 4.79 Å². The van der Waals surface area contributed by atoms with E-state index in [1.54, 1.807) is 23.5 Å². The third-order valence-corrected chi connectivity index (χ3v) is 6.27. The van der Waals surface area contributed by atoms with E-state index < -0.39 is 0 Å². The lowest BCUT2D eigenvalue weighted by molar-refractivity contribution is -0.117. The number of thiophene rings is 1. The molecule has 0 aliphatic carbocycles. The maximum atomic E-state index is 12.3. The Balaban J connectivity index is 1.27. The van der Waals surface area contributed by atoms with E-state index in [9.17, 15) is 4.79 Å². The summed E-state index contributed by atoms with van der Waals surface area (Å²) in [4.78, 5) is 22.3. The van der Waals surface area contributed by atoms with Crippen LogP contribution in [0, 0.1) is 4.77 Å². The maximum Gasteiger partial charge on any atom is 0.238 e. The van der Waals surface area contributed by atoms with E-state index in [0.29, 0.717) is 28.7 Å². The summed E-state index contributed by atoms with van der Waals surface area (Å²) in [6.45, 7) is 4.36. The molecule has 29 heavy (non-hydrogen) atoms. The largest absolute Gasteiger partial charge is 0.324 e. The number of piperazine rings is 1. The van der Waals surface area contributed by atoms with Gasteiger partial charge in [-0.2, -0.15) is 4.98 Å². The lowest BCUT2D eigenvalue weighted by Gasteiger charge is -2.34. The fraction of sp³-hybridized carbons (Fsp3) is 0.316. The Hall–Kier alpha value is -2.04. The van der Waals surface area contributed by atoms with Gasteiger partial charge in [-0.15, -0.1) is 11.3 Å². The van der Waals surface area contributed by atoms with Crippen molar-refractivity contribution in [1.82, 2.24) is 24.6 Å². The molecule has 1 aromatic carbocycles. The van der Waals surface area contributed by atoms with Gasteiger partial charge in [0.05, 0.1) is 28.8 Å². The van der Waals surface area contributed by atoms with Crippen molar-refractivity contribution in [2.24, 2.45) is 0 Å². The summed E-state index contributed by atoms with van der Waals surface area (Å²) in [7, 11) is 0. The molecular weight excluding hydrogens is 428 g/mol. The van der Waals surface area contributed by atoms with E-state index in [2.05, 4.69) is 25.2 Å². The van der Waals surface area contributed by atoms with Gasteiger partial charge in [-0.3, -0.25) is 19.7 Å². The van der Waals surface area contributed by atoms with Crippen LogP contribution in [-0.4, -0.2) is 63.2 Å². The van der Waals surface area contributed by atoms with Crippen molar-refractivity contribution in [2.45, 2.75) is 6.67 Å². The number of aromatic nitrogens is 3. The Morgan fingerprint density at radius 3 is 2.66 bits per heavy atom. The summed E-state index contributed by atoms with van der Waals surface area (Å²) >= 11 is 13.1. The van der Waals surface area contributed by atoms with Crippen LogP contribution >= 0.6 is 35.2 Å². The van der Waals surface area contributed by atoms with Crippen LogP contribution in [0.5, 0.6) is 0 Å². The van der Waals surface area contributed by atoms with E-state index in [1.807, 2.05) is 34.3 Å². The van der Waals surface area contributed by atoms with Crippen molar-refractivity contribution in [3.05, 3.63) is 51.6 Å². The van der Waals surface area contributed by atoms with Crippen LogP contribution in [0.3, 0.4) is 0 Å².